The number of nitro benzene ring substituents is 1. The largest absolute Gasteiger partial charge is 0.469 e. The molecule has 2 aliphatic rings. The first-order valence-electron chi connectivity index (χ1n) is 8.17. The highest BCUT2D eigenvalue weighted by atomic mass is 16.6. The first kappa shape index (κ1) is 17.3. The lowest BCUT2D eigenvalue weighted by Gasteiger charge is -2.40. The molecule has 0 aromatic heterocycles. The summed E-state index contributed by atoms with van der Waals surface area (Å²) in [5.41, 5.74) is 0.127. The molecule has 0 aliphatic carbocycles. The second-order valence-corrected chi connectivity index (χ2v) is 6.50. The number of fused-ring (bicyclic) bond motifs is 2. The number of carbonyl (C=O) groups excluding carboxylic acids is 2. The standard InChI is InChI=1S/C17H20N2O6/c1-18-12-7-8-13(18)15(17(21)24-2)14(9-12)25-16(20)10-3-5-11(6-4-10)19(22)23/h3-6,12-15H,7-9H2,1-2H3. The fourth-order valence-corrected chi connectivity index (χ4v) is 3.91. The van der Waals surface area contributed by atoms with Crippen molar-refractivity contribution in [2.75, 3.05) is 14.2 Å². The van der Waals surface area contributed by atoms with Crippen LogP contribution in [0.5, 0.6) is 0 Å². The number of nitro groups is 1. The third kappa shape index (κ3) is 3.21. The molecule has 1 aromatic rings. The van der Waals surface area contributed by atoms with Gasteiger partial charge in [-0.3, -0.25) is 19.8 Å². The summed E-state index contributed by atoms with van der Waals surface area (Å²) < 4.78 is 10.5. The molecule has 0 amide bonds. The zero-order valence-electron chi connectivity index (χ0n) is 14.1. The van der Waals surface area contributed by atoms with E-state index in [0.717, 1.165) is 12.8 Å². The summed E-state index contributed by atoms with van der Waals surface area (Å²) in [5, 5.41) is 10.7. The Morgan fingerprint density at radius 1 is 1.24 bits per heavy atom. The molecule has 134 valence electrons. The highest BCUT2D eigenvalue weighted by Crippen LogP contribution is 2.40. The Balaban J connectivity index is 1.76. The van der Waals surface area contributed by atoms with E-state index >= 15 is 0 Å². The molecule has 4 atom stereocenters. The van der Waals surface area contributed by atoms with Gasteiger partial charge in [0.25, 0.3) is 5.69 Å². The maximum absolute atomic E-state index is 12.4. The molecule has 0 N–H and O–H groups in total. The van der Waals surface area contributed by atoms with Crippen molar-refractivity contribution in [1.29, 1.82) is 0 Å². The van der Waals surface area contributed by atoms with Gasteiger partial charge >= 0.3 is 11.9 Å². The van der Waals surface area contributed by atoms with Crippen LogP contribution in [0.3, 0.4) is 0 Å². The number of nitrogens with zero attached hydrogens (tertiary/aromatic N) is 2. The van der Waals surface area contributed by atoms with Crippen LogP contribution in [0.25, 0.3) is 0 Å². The van der Waals surface area contributed by atoms with Crippen molar-refractivity contribution >= 4 is 17.6 Å². The van der Waals surface area contributed by atoms with Crippen molar-refractivity contribution in [1.82, 2.24) is 4.90 Å². The molecule has 8 nitrogen and oxygen atoms in total. The second-order valence-electron chi connectivity index (χ2n) is 6.50. The van der Waals surface area contributed by atoms with Gasteiger partial charge in [-0.15, -0.1) is 0 Å². The Bertz CT molecular complexity index is 689. The molecule has 0 radical (unpaired) electrons. The van der Waals surface area contributed by atoms with Crippen LogP contribution in [-0.4, -0.2) is 54.1 Å². The summed E-state index contributed by atoms with van der Waals surface area (Å²) in [6, 6.07) is 5.51. The molecule has 2 heterocycles. The molecule has 3 rings (SSSR count). The van der Waals surface area contributed by atoms with E-state index in [1.54, 1.807) is 0 Å². The fourth-order valence-electron chi connectivity index (χ4n) is 3.91. The smallest absolute Gasteiger partial charge is 0.338 e. The average Bonchev–Trinajstić information content (AvgIpc) is 2.84. The quantitative estimate of drug-likeness (QED) is 0.464. The number of benzene rings is 1. The van der Waals surface area contributed by atoms with Crippen LogP contribution in [0.1, 0.15) is 29.6 Å². The van der Waals surface area contributed by atoms with E-state index in [1.807, 2.05) is 7.05 Å². The van der Waals surface area contributed by atoms with Gasteiger partial charge in [-0.25, -0.2) is 4.79 Å². The number of esters is 2. The number of ether oxygens (including phenoxy) is 2. The number of carbonyl (C=O) groups is 2. The van der Waals surface area contributed by atoms with Crippen LogP contribution in [0, 0.1) is 16.0 Å². The Labute approximate surface area is 144 Å². The van der Waals surface area contributed by atoms with Gasteiger partial charge in [0.05, 0.1) is 17.6 Å². The SMILES string of the molecule is COC(=O)C1C(OC(=O)c2ccc([N+](=O)[O-])cc2)CC2CCC1N2C. The minimum atomic E-state index is -0.585. The first-order valence-corrected chi connectivity index (χ1v) is 8.17. The predicted molar refractivity (Wildman–Crippen MR) is 87.0 cm³/mol. The van der Waals surface area contributed by atoms with Gasteiger partial charge in [0, 0.05) is 30.6 Å². The fraction of sp³-hybridized carbons (Fsp3) is 0.529. The summed E-state index contributed by atoms with van der Waals surface area (Å²) in [6.07, 6.45) is 1.85. The van der Waals surface area contributed by atoms with Gasteiger partial charge in [-0.05, 0) is 32.0 Å². The van der Waals surface area contributed by atoms with Gasteiger partial charge in [0.2, 0.25) is 0 Å². The van der Waals surface area contributed by atoms with E-state index < -0.39 is 22.9 Å². The lowest BCUT2D eigenvalue weighted by atomic mass is 9.87. The molecule has 0 saturated carbocycles. The van der Waals surface area contributed by atoms with Crippen LogP contribution >= 0.6 is 0 Å². The highest BCUT2D eigenvalue weighted by Gasteiger charge is 2.51. The molecular formula is C17H20N2O6. The van der Waals surface area contributed by atoms with Gasteiger partial charge in [0.15, 0.2) is 0 Å². The maximum Gasteiger partial charge on any atom is 0.338 e. The number of hydrogen-bond donors (Lipinski definition) is 0. The Kier molecular flexibility index (Phi) is 4.71. The van der Waals surface area contributed by atoms with E-state index in [9.17, 15) is 19.7 Å². The molecule has 4 unspecified atom stereocenters. The zero-order chi connectivity index (χ0) is 18.1. The number of methoxy groups -OCH3 is 1. The number of piperidine rings is 1. The molecule has 2 aliphatic heterocycles. The summed E-state index contributed by atoms with van der Waals surface area (Å²) in [6.45, 7) is 0. The average molecular weight is 348 g/mol. The van der Waals surface area contributed by atoms with Crippen molar-refractivity contribution < 1.29 is 24.0 Å². The number of non-ortho nitro benzene ring substituents is 1. The molecule has 2 saturated heterocycles. The van der Waals surface area contributed by atoms with Gasteiger partial charge in [-0.1, -0.05) is 0 Å². The molecule has 8 heteroatoms. The van der Waals surface area contributed by atoms with E-state index in [4.69, 9.17) is 9.47 Å². The predicted octanol–water partition coefficient (Wildman–Crippen LogP) is 1.78. The number of hydrogen-bond acceptors (Lipinski definition) is 7. The molecule has 2 bridgehead atoms. The molecule has 1 aromatic carbocycles. The van der Waals surface area contributed by atoms with Gasteiger partial charge in [-0.2, -0.15) is 0 Å². The minimum absolute atomic E-state index is 0.000797. The minimum Gasteiger partial charge on any atom is -0.469 e. The Morgan fingerprint density at radius 3 is 2.52 bits per heavy atom. The Morgan fingerprint density at radius 2 is 1.92 bits per heavy atom. The van der Waals surface area contributed by atoms with Crippen LogP contribution in [0.2, 0.25) is 0 Å². The Hall–Kier alpha value is -2.48. The van der Waals surface area contributed by atoms with Crippen LogP contribution in [-0.2, 0) is 14.3 Å². The van der Waals surface area contributed by atoms with Crippen molar-refractivity contribution in [2.45, 2.75) is 37.5 Å². The zero-order valence-corrected chi connectivity index (χ0v) is 14.1. The second kappa shape index (κ2) is 6.79. The topological polar surface area (TPSA) is 99.0 Å². The maximum atomic E-state index is 12.4. The summed E-state index contributed by atoms with van der Waals surface area (Å²) in [5.74, 6) is -1.48. The monoisotopic (exact) mass is 348 g/mol. The van der Waals surface area contributed by atoms with Crippen molar-refractivity contribution in [2.24, 2.45) is 5.92 Å². The lowest BCUT2D eigenvalue weighted by molar-refractivity contribution is -0.384. The molecule has 25 heavy (non-hydrogen) atoms. The normalized spacial score (nSPS) is 28.4. The van der Waals surface area contributed by atoms with Crippen molar-refractivity contribution in [3.05, 3.63) is 39.9 Å². The van der Waals surface area contributed by atoms with E-state index in [0.29, 0.717) is 6.42 Å². The van der Waals surface area contributed by atoms with Crippen molar-refractivity contribution in [3.63, 3.8) is 0 Å². The van der Waals surface area contributed by atoms with E-state index in [-0.39, 0.29) is 29.3 Å². The molecule has 2 fully saturated rings. The molecular weight excluding hydrogens is 328 g/mol. The molecule has 0 spiro atoms. The third-order valence-electron chi connectivity index (χ3n) is 5.26. The van der Waals surface area contributed by atoms with Crippen LogP contribution in [0.15, 0.2) is 24.3 Å². The van der Waals surface area contributed by atoms with Crippen molar-refractivity contribution in [3.8, 4) is 0 Å². The van der Waals surface area contributed by atoms with Gasteiger partial charge < -0.3 is 9.47 Å². The number of rotatable bonds is 4. The summed E-state index contributed by atoms with van der Waals surface area (Å²) >= 11 is 0. The first-order chi connectivity index (χ1) is 11.9. The van der Waals surface area contributed by atoms with E-state index in [1.165, 1.54) is 31.4 Å². The van der Waals surface area contributed by atoms with Crippen LogP contribution < -0.4 is 0 Å². The highest BCUT2D eigenvalue weighted by molar-refractivity contribution is 5.90. The summed E-state index contributed by atoms with van der Waals surface area (Å²) in [4.78, 5) is 37.0. The summed E-state index contributed by atoms with van der Waals surface area (Å²) in [7, 11) is 3.31. The van der Waals surface area contributed by atoms with Crippen LogP contribution in [0.4, 0.5) is 5.69 Å². The van der Waals surface area contributed by atoms with Gasteiger partial charge in [0.1, 0.15) is 12.0 Å². The third-order valence-corrected chi connectivity index (χ3v) is 5.26. The van der Waals surface area contributed by atoms with E-state index in [2.05, 4.69) is 4.90 Å². The lowest BCUT2D eigenvalue weighted by Crippen LogP contribution is -2.53.